The molecule has 0 bridgehead atoms. The van der Waals surface area contributed by atoms with Crippen molar-refractivity contribution in [1.29, 1.82) is 0 Å². The number of ether oxygens (including phenoxy) is 2. The number of rotatable bonds is 3. The molecule has 0 spiro atoms. The quantitative estimate of drug-likeness (QED) is 0.346. The Kier molecular flexibility index (Phi) is 4.93. The van der Waals surface area contributed by atoms with Crippen molar-refractivity contribution in [2.45, 2.75) is 50.8 Å². The van der Waals surface area contributed by atoms with Crippen LogP contribution in [-0.2, 0) is 14.3 Å². The number of esters is 1. The predicted molar refractivity (Wildman–Crippen MR) is 93.3 cm³/mol. The van der Waals surface area contributed by atoms with Crippen LogP contribution >= 0.6 is 0 Å². The highest BCUT2D eigenvalue weighted by molar-refractivity contribution is 5.89. The topological polar surface area (TPSA) is 38.8 Å². The Morgan fingerprint density at radius 2 is 2.38 bits per heavy atom. The summed E-state index contributed by atoms with van der Waals surface area (Å²) >= 11 is 0. The Labute approximate surface area is 144 Å². The SMILES string of the molecule is C=CCOCC#CC1=C[C@H](C)N2CCCCC2[C@@]2(C)OC(=O)C=C12. The van der Waals surface area contributed by atoms with Crippen molar-refractivity contribution in [3.8, 4) is 11.8 Å². The van der Waals surface area contributed by atoms with Crippen LogP contribution in [0.25, 0.3) is 0 Å². The number of nitrogens with zero attached hydrogens (tertiary/aromatic N) is 1. The fourth-order valence-corrected chi connectivity index (χ4v) is 4.04. The molecule has 3 heterocycles. The molecule has 4 nitrogen and oxygen atoms in total. The molecule has 1 unspecified atom stereocenters. The van der Waals surface area contributed by atoms with Crippen molar-refractivity contribution in [2.24, 2.45) is 0 Å². The summed E-state index contributed by atoms with van der Waals surface area (Å²) in [5.74, 6) is 5.99. The van der Waals surface area contributed by atoms with Crippen molar-refractivity contribution < 1.29 is 14.3 Å². The van der Waals surface area contributed by atoms with Crippen LogP contribution < -0.4 is 0 Å². The van der Waals surface area contributed by atoms with E-state index >= 15 is 0 Å². The van der Waals surface area contributed by atoms with Crippen molar-refractivity contribution in [1.82, 2.24) is 4.90 Å². The van der Waals surface area contributed by atoms with E-state index < -0.39 is 5.60 Å². The molecular formula is C20H25NO3. The fourth-order valence-electron chi connectivity index (χ4n) is 4.04. The number of hydrogen-bond acceptors (Lipinski definition) is 4. The summed E-state index contributed by atoms with van der Waals surface area (Å²) in [6.07, 6.45) is 8.89. The minimum absolute atomic E-state index is 0.214. The summed E-state index contributed by atoms with van der Waals surface area (Å²) in [6, 6.07) is 0.488. The van der Waals surface area contributed by atoms with Crippen LogP contribution in [0.1, 0.15) is 33.1 Å². The van der Waals surface area contributed by atoms with Gasteiger partial charge in [0.05, 0.1) is 12.6 Å². The first-order chi connectivity index (χ1) is 11.6. The summed E-state index contributed by atoms with van der Waals surface area (Å²) in [5.41, 5.74) is 1.21. The molecule has 4 heteroatoms. The van der Waals surface area contributed by atoms with E-state index in [0.717, 1.165) is 24.1 Å². The Morgan fingerprint density at radius 1 is 1.54 bits per heavy atom. The second-order valence-electron chi connectivity index (χ2n) is 6.76. The maximum atomic E-state index is 12.0. The molecule has 0 aliphatic carbocycles. The highest BCUT2D eigenvalue weighted by Crippen LogP contribution is 2.44. The third-order valence-corrected chi connectivity index (χ3v) is 5.14. The van der Waals surface area contributed by atoms with Gasteiger partial charge in [0, 0.05) is 23.3 Å². The largest absolute Gasteiger partial charge is 0.450 e. The summed E-state index contributed by atoms with van der Waals surface area (Å²) < 4.78 is 11.1. The highest BCUT2D eigenvalue weighted by atomic mass is 16.6. The van der Waals surface area contributed by atoms with Crippen LogP contribution in [0, 0.1) is 11.8 Å². The van der Waals surface area contributed by atoms with E-state index in [1.165, 1.54) is 12.8 Å². The lowest BCUT2D eigenvalue weighted by Crippen LogP contribution is -2.55. The van der Waals surface area contributed by atoms with Gasteiger partial charge in [-0.15, -0.1) is 6.58 Å². The molecule has 3 aliphatic heterocycles. The van der Waals surface area contributed by atoms with E-state index in [1.54, 1.807) is 12.2 Å². The highest BCUT2D eigenvalue weighted by Gasteiger charge is 2.51. The van der Waals surface area contributed by atoms with Gasteiger partial charge in [0.2, 0.25) is 0 Å². The van der Waals surface area contributed by atoms with Gasteiger partial charge in [0.25, 0.3) is 0 Å². The molecule has 1 saturated heterocycles. The normalized spacial score (nSPS) is 32.3. The van der Waals surface area contributed by atoms with Gasteiger partial charge in [-0.2, -0.15) is 0 Å². The van der Waals surface area contributed by atoms with Gasteiger partial charge in [-0.25, -0.2) is 4.79 Å². The number of carbonyl (C=O) groups excluding carboxylic acids is 1. The Bertz CT molecular complexity index is 652. The predicted octanol–water partition coefficient (Wildman–Crippen LogP) is 2.62. The molecule has 24 heavy (non-hydrogen) atoms. The molecule has 0 N–H and O–H groups in total. The van der Waals surface area contributed by atoms with E-state index in [2.05, 4.69) is 36.3 Å². The average molecular weight is 327 g/mol. The van der Waals surface area contributed by atoms with Crippen LogP contribution in [0.3, 0.4) is 0 Å². The third-order valence-electron chi connectivity index (χ3n) is 5.14. The van der Waals surface area contributed by atoms with Crippen molar-refractivity contribution in [2.75, 3.05) is 19.8 Å². The fraction of sp³-hybridized carbons (Fsp3) is 0.550. The van der Waals surface area contributed by atoms with Gasteiger partial charge in [-0.3, -0.25) is 4.90 Å². The molecule has 1 fully saturated rings. The Hall–Kier alpha value is -1.83. The minimum Gasteiger partial charge on any atom is -0.450 e. The van der Waals surface area contributed by atoms with Crippen LogP contribution in [0.5, 0.6) is 0 Å². The van der Waals surface area contributed by atoms with Crippen molar-refractivity contribution in [3.05, 3.63) is 36.0 Å². The second-order valence-corrected chi connectivity index (χ2v) is 6.76. The second kappa shape index (κ2) is 6.96. The summed E-state index contributed by atoms with van der Waals surface area (Å²) in [6.45, 7) is 9.72. The van der Waals surface area contributed by atoms with Crippen LogP contribution in [0.4, 0.5) is 0 Å². The van der Waals surface area contributed by atoms with Crippen molar-refractivity contribution >= 4 is 5.97 Å². The molecular weight excluding hydrogens is 302 g/mol. The molecule has 0 aromatic carbocycles. The van der Waals surface area contributed by atoms with E-state index in [1.807, 2.05) is 6.92 Å². The summed E-state index contributed by atoms with van der Waals surface area (Å²) in [4.78, 5) is 14.5. The smallest absolute Gasteiger partial charge is 0.332 e. The van der Waals surface area contributed by atoms with E-state index in [9.17, 15) is 4.79 Å². The molecule has 0 saturated carbocycles. The van der Waals surface area contributed by atoms with Crippen LogP contribution in [0.15, 0.2) is 36.0 Å². The molecule has 0 radical (unpaired) electrons. The zero-order valence-electron chi connectivity index (χ0n) is 14.5. The van der Waals surface area contributed by atoms with Gasteiger partial charge in [-0.05, 0) is 33.2 Å². The molecule has 3 rings (SSSR count). The van der Waals surface area contributed by atoms with Gasteiger partial charge in [0.15, 0.2) is 5.60 Å². The summed E-state index contributed by atoms with van der Waals surface area (Å²) in [5, 5.41) is 0. The molecule has 3 atom stereocenters. The first kappa shape index (κ1) is 17.0. The molecule has 0 aromatic heterocycles. The standard InChI is InChI=1S/C20H25NO3/c1-4-11-23-12-7-8-16-13-15(2)21-10-6-5-9-18(21)20(3)17(16)14-19(22)24-20/h4,13-15,18H,1,5-6,9-12H2,2-3H3/t15-,18?,20-/m0/s1. The van der Waals surface area contributed by atoms with E-state index in [4.69, 9.17) is 9.47 Å². The Balaban J connectivity index is 1.93. The zero-order chi connectivity index (χ0) is 17.2. The van der Waals surface area contributed by atoms with E-state index in [-0.39, 0.29) is 18.1 Å². The first-order valence-electron chi connectivity index (χ1n) is 8.67. The van der Waals surface area contributed by atoms with Gasteiger partial charge < -0.3 is 9.47 Å². The number of hydrogen-bond donors (Lipinski definition) is 0. The molecule has 0 aromatic rings. The molecule has 3 aliphatic rings. The number of fused-ring (bicyclic) bond motifs is 3. The first-order valence-corrected chi connectivity index (χ1v) is 8.67. The lowest BCUT2D eigenvalue weighted by atomic mass is 9.81. The monoisotopic (exact) mass is 327 g/mol. The minimum atomic E-state index is -0.606. The van der Waals surface area contributed by atoms with Crippen LogP contribution in [-0.4, -0.2) is 48.3 Å². The number of piperidine rings is 1. The van der Waals surface area contributed by atoms with Gasteiger partial charge in [0.1, 0.15) is 6.61 Å². The third kappa shape index (κ3) is 3.07. The van der Waals surface area contributed by atoms with Gasteiger partial charge in [-0.1, -0.05) is 30.4 Å². The lowest BCUT2D eigenvalue weighted by Gasteiger charge is -2.45. The van der Waals surface area contributed by atoms with Gasteiger partial charge >= 0.3 is 5.97 Å². The maximum Gasteiger partial charge on any atom is 0.332 e. The number of carbonyl (C=O) groups is 1. The van der Waals surface area contributed by atoms with Crippen LogP contribution in [0.2, 0.25) is 0 Å². The van der Waals surface area contributed by atoms with Crippen molar-refractivity contribution in [3.63, 3.8) is 0 Å². The molecule has 128 valence electrons. The Morgan fingerprint density at radius 3 is 3.17 bits per heavy atom. The zero-order valence-corrected chi connectivity index (χ0v) is 14.5. The molecule has 0 amide bonds. The summed E-state index contributed by atoms with van der Waals surface area (Å²) in [7, 11) is 0. The average Bonchev–Trinajstić information content (AvgIpc) is 2.85. The lowest BCUT2D eigenvalue weighted by molar-refractivity contribution is -0.151. The van der Waals surface area contributed by atoms with E-state index in [0.29, 0.717) is 13.2 Å². The maximum absolute atomic E-state index is 12.0.